The summed E-state index contributed by atoms with van der Waals surface area (Å²) in [5.74, 6) is -0.763. The first kappa shape index (κ1) is 51.7. The number of carbonyl (C=O) groups excluding carboxylic acids is 1. The van der Waals surface area contributed by atoms with Gasteiger partial charge in [0.2, 0.25) is 0 Å². The van der Waals surface area contributed by atoms with E-state index in [0.29, 0.717) is 12.2 Å². The van der Waals surface area contributed by atoms with Crippen LogP contribution >= 0.6 is 0 Å². The topological polar surface area (TPSA) is 130 Å². The van der Waals surface area contributed by atoms with E-state index in [1.54, 1.807) is 9.80 Å². The normalized spacial score (nSPS) is 22.6. The quantitative estimate of drug-likeness (QED) is 0.0769. The van der Waals surface area contributed by atoms with Crippen LogP contribution in [0.2, 0.25) is 0 Å². The van der Waals surface area contributed by atoms with Crippen molar-refractivity contribution in [1.29, 1.82) is 0 Å². The van der Waals surface area contributed by atoms with Crippen molar-refractivity contribution in [1.82, 2.24) is 25.0 Å². The summed E-state index contributed by atoms with van der Waals surface area (Å²) in [4.78, 5) is 25.5. The lowest BCUT2D eigenvalue weighted by molar-refractivity contribution is -0.117. The third-order valence-corrected chi connectivity index (χ3v) is 13.9. The molecule has 5 aromatic rings. The van der Waals surface area contributed by atoms with Gasteiger partial charge in [-0.15, -0.1) is 0 Å². The van der Waals surface area contributed by atoms with Gasteiger partial charge in [0.15, 0.2) is 12.0 Å². The first-order valence-corrected chi connectivity index (χ1v) is 25.6. The Morgan fingerprint density at radius 2 is 1.54 bits per heavy atom. The monoisotopic (exact) mass is 979 g/mol. The predicted octanol–water partition coefficient (Wildman–Crippen LogP) is 9.23. The lowest BCUT2D eigenvalue weighted by Crippen LogP contribution is -2.50. The van der Waals surface area contributed by atoms with Gasteiger partial charge in [0.05, 0.1) is 32.4 Å². The van der Waals surface area contributed by atoms with Crippen LogP contribution in [0.25, 0.3) is 0 Å². The molecule has 5 heterocycles. The van der Waals surface area contributed by atoms with Gasteiger partial charge >= 0.3 is 6.03 Å². The van der Waals surface area contributed by atoms with Crippen LogP contribution in [0.4, 0.5) is 30.6 Å². The predicted molar refractivity (Wildman–Crippen MR) is 272 cm³/mol. The Morgan fingerprint density at radius 3 is 2.15 bits per heavy atom. The summed E-state index contributed by atoms with van der Waals surface area (Å²) >= 11 is 0. The number of piperazine rings is 1. The van der Waals surface area contributed by atoms with Gasteiger partial charge in [-0.05, 0) is 105 Å². The maximum Gasteiger partial charge on any atom is 0.327 e. The van der Waals surface area contributed by atoms with Crippen molar-refractivity contribution < 1.29 is 37.6 Å². The number of morpholine rings is 1. The summed E-state index contributed by atoms with van der Waals surface area (Å²) in [6.07, 6.45) is 10.8. The first-order chi connectivity index (χ1) is 34.5. The Labute approximate surface area is 417 Å². The van der Waals surface area contributed by atoms with Crippen LogP contribution in [0.1, 0.15) is 95.4 Å². The van der Waals surface area contributed by atoms with Crippen LogP contribution in [0, 0.1) is 11.6 Å². The number of aliphatic hydroxyl groups is 1. The SMILES string of the molecule is CCCCCCC1(O)CN(c2ccc(N3CCN(c4ccc(OC[C@H]5OC[C@](Cn6cncn6)(c6ccc(F)cc6F)O5)cc4)CC3)cc2)C(=O)N1C(C)C.CCCCc1ccc(C2CNCCO2)cc1. The molecule has 0 saturated carbocycles. The highest BCUT2D eigenvalue weighted by Crippen LogP contribution is 2.38. The van der Waals surface area contributed by atoms with Crippen molar-refractivity contribution in [3.05, 3.63) is 132 Å². The van der Waals surface area contributed by atoms with E-state index in [-0.39, 0.29) is 50.0 Å². The van der Waals surface area contributed by atoms with E-state index < -0.39 is 29.3 Å². The lowest BCUT2D eigenvalue weighted by atomic mass is 9.94. The van der Waals surface area contributed by atoms with Crippen LogP contribution in [-0.2, 0) is 32.8 Å². The van der Waals surface area contributed by atoms with Crippen LogP contribution in [0.3, 0.4) is 0 Å². The number of unbranched alkanes of at least 4 members (excludes halogenated alkanes) is 4. The Bertz CT molecular complexity index is 2420. The van der Waals surface area contributed by atoms with Crippen molar-refractivity contribution in [3.63, 3.8) is 0 Å². The third-order valence-electron chi connectivity index (χ3n) is 13.9. The summed E-state index contributed by atoms with van der Waals surface area (Å²) in [5, 5.41) is 19.1. The van der Waals surface area contributed by atoms with E-state index >= 15 is 0 Å². The summed E-state index contributed by atoms with van der Waals surface area (Å²) in [7, 11) is 0. The molecule has 2 amide bonds. The summed E-state index contributed by atoms with van der Waals surface area (Å²) in [6, 6.07) is 28.0. The van der Waals surface area contributed by atoms with Gasteiger partial charge in [-0.2, -0.15) is 5.10 Å². The van der Waals surface area contributed by atoms with Crippen LogP contribution in [-0.4, -0.2) is 114 Å². The Balaban J connectivity index is 0.000000357. The minimum absolute atomic E-state index is 0.0251. The second kappa shape index (κ2) is 24.2. The molecule has 4 aromatic carbocycles. The highest BCUT2D eigenvalue weighted by atomic mass is 19.1. The van der Waals surface area contributed by atoms with Crippen molar-refractivity contribution >= 4 is 23.1 Å². The number of carbonyl (C=O) groups is 1. The van der Waals surface area contributed by atoms with Crippen molar-refractivity contribution in [2.75, 3.05) is 80.3 Å². The zero-order valence-corrected chi connectivity index (χ0v) is 41.9. The number of anilines is 3. The van der Waals surface area contributed by atoms with Gasteiger partial charge in [-0.25, -0.2) is 23.2 Å². The molecule has 9 rings (SSSR count). The lowest BCUT2D eigenvalue weighted by Gasteiger charge is -2.37. The molecule has 4 aliphatic heterocycles. The first-order valence-electron chi connectivity index (χ1n) is 25.6. The number of aromatic nitrogens is 3. The van der Waals surface area contributed by atoms with Crippen LogP contribution in [0.5, 0.6) is 5.75 Å². The van der Waals surface area contributed by atoms with Gasteiger partial charge in [-0.3, -0.25) is 9.80 Å². The second-order valence-corrected chi connectivity index (χ2v) is 19.4. The molecule has 4 fully saturated rings. The molecular weight excluding hydrogens is 907 g/mol. The Kier molecular flexibility index (Phi) is 17.6. The van der Waals surface area contributed by atoms with Gasteiger partial charge in [0, 0.05) is 74.0 Å². The van der Waals surface area contributed by atoms with Crippen LogP contribution in [0.15, 0.2) is 104 Å². The number of amides is 2. The van der Waals surface area contributed by atoms with E-state index in [9.17, 15) is 18.7 Å². The average molecular weight is 979 g/mol. The molecule has 16 heteroatoms. The number of aryl methyl sites for hydroxylation is 1. The zero-order valence-electron chi connectivity index (χ0n) is 41.9. The molecule has 2 unspecified atom stereocenters. The average Bonchev–Trinajstić information content (AvgIpc) is 4.13. The van der Waals surface area contributed by atoms with E-state index in [1.165, 1.54) is 59.9 Å². The smallest absolute Gasteiger partial charge is 0.327 e. The molecule has 0 radical (unpaired) electrons. The molecule has 0 bridgehead atoms. The summed E-state index contributed by atoms with van der Waals surface area (Å²) < 4.78 is 54.1. The van der Waals surface area contributed by atoms with Gasteiger partial charge in [0.1, 0.15) is 42.2 Å². The van der Waals surface area contributed by atoms with Gasteiger partial charge in [0.25, 0.3) is 0 Å². The zero-order chi connectivity index (χ0) is 49.8. The summed E-state index contributed by atoms with van der Waals surface area (Å²) in [6.45, 7) is 14.9. The molecule has 4 atom stereocenters. The number of hydrogen-bond acceptors (Lipinski definition) is 11. The molecule has 382 valence electrons. The standard InChI is InChI=1S/C41H51F2N7O5.C14H21NO/c1-4-5-6-7-18-41(52)26-49(39(51)50(41)30(2)3)34-11-9-32(10-12-34)46-19-21-47(22-20-46)33-13-15-35(16-14-33)53-24-38-54-27-40(55-38,25-48-29-44-28-45-48)36-17-8-31(42)23-37(36)43;1-2-3-4-12-5-7-13(8-6-12)14-11-15-9-10-16-14/h8-17,23,28-30,38,52H,4-7,18-22,24-27H2,1-3H3;5-8,14-15H,2-4,9-11H2,1H3/t38-,40+,41?;/m0./s1. The maximum absolute atomic E-state index is 15.0. The number of nitrogens with zero attached hydrogens (tertiary/aromatic N) is 7. The number of rotatable bonds is 19. The molecule has 2 N–H and O–H groups in total. The number of urea groups is 1. The Hall–Kier alpha value is -5.65. The van der Waals surface area contributed by atoms with E-state index in [2.05, 4.69) is 75.4 Å². The van der Waals surface area contributed by atoms with Gasteiger partial charge in [-0.1, -0.05) is 69.9 Å². The molecule has 0 aliphatic carbocycles. The summed E-state index contributed by atoms with van der Waals surface area (Å²) in [5.41, 5.74) is 3.48. The highest BCUT2D eigenvalue weighted by Gasteiger charge is 2.50. The minimum atomic E-state index is -1.24. The third kappa shape index (κ3) is 12.9. The van der Waals surface area contributed by atoms with E-state index in [0.717, 1.165) is 94.7 Å². The van der Waals surface area contributed by atoms with Crippen molar-refractivity contribution in [2.45, 2.75) is 115 Å². The number of ether oxygens (including phenoxy) is 4. The molecule has 14 nitrogen and oxygen atoms in total. The minimum Gasteiger partial charge on any atom is -0.488 e. The molecule has 1 aromatic heterocycles. The van der Waals surface area contributed by atoms with E-state index in [4.69, 9.17) is 18.9 Å². The molecule has 0 spiro atoms. The largest absolute Gasteiger partial charge is 0.488 e. The second-order valence-electron chi connectivity index (χ2n) is 19.4. The number of β-amino-alcohol motifs (C(OH)–C–C–N with tert-alkyl or cyclic N) is 1. The number of benzene rings is 4. The Morgan fingerprint density at radius 1 is 0.845 bits per heavy atom. The molecule has 71 heavy (non-hydrogen) atoms. The fourth-order valence-corrected chi connectivity index (χ4v) is 10.1. The van der Waals surface area contributed by atoms with Gasteiger partial charge < -0.3 is 39.2 Å². The molecule has 4 aliphatic rings. The number of nitrogens with one attached hydrogen (secondary N) is 1. The van der Waals surface area contributed by atoms with Crippen LogP contribution < -0.4 is 24.8 Å². The number of hydrogen-bond donors (Lipinski definition) is 2. The van der Waals surface area contributed by atoms with Crippen molar-refractivity contribution in [2.24, 2.45) is 0 Å². The fraction of sp³-hybridized carbons (Fsp3) is 0.509. The number of halogens is 2. The molecule has 4 saturated heterocycles. The van der Waals surface area contributed by atoms with Crippen molar-refractivity contribution in [3.8, 4) is 5.75 Å². The highest BCUT2D eigenvalue weighted by molar-refractivity contribution is 5.95. The fourth-order valence-electron chi connectivity index (χ4n) is 10.1. The van der Waals surface area contributed by atoms with E-state index in [1.807, 2.05) is 50.2 Å². The molecular formula is C55H72F2N8O6. The maximum atomic E-state index is 15.0.